The molecule has 0 radical (unpaired) electrons. The van der Waals surface area contributed by atoms with Gasteiger partial charge in [-0.3, -0.25) is 19.6 Å². The molecule has 0 aliphatic carbocycles. The Balaban J connectivity index is 2.25. The van der Waals surface area contributed by atoms with E-state index in [-0.39, 0.29) is 16.4 Å². The molecule has 0 saturated carbocycles. The van der Waals surface area contributed by atoms with E-state index < -0.39 is 10.8 Å². The number of carbonyl (C=O) groups excluding carboxylic acids is 1. The second-order valence-electron chi connectivity index (χ2n) is 3.78. The summed E-state index contributed by atoms with van der Waals surface area (Å²) in [5, 5.41) is 17.3. The number of halogens is 1. The second kappa shape index (κ2) is 5.07. The van der Waals surface area contributed by atoms with Crippen molar-refractivity contribution < 1.29 is 9.72 Å². The Morgan fingerprint density at radius 1 is 1.53 bits per heavy atom. The molecule has 19 heavy (non-hydrogen) atoms. The van der Waals surface area contributed by atoms with E-state index in [1.165, 1.54) is 35.3 Å². The van der Waals surface area contributed by atoms with Gasteiger partial charge in [0.05, 0.1) is 27.4 Å². The van der Waals surface area contributed by atoms with Crippen LogP contribution in [0.15, 0.2) is 30.6 Å². The number of aryl methyl sites for hydroxylation is 1. The molecule has 2 aromatic rings. The van der Waals surface area contributed by atoms with Gasteiger partial charge in [0, 0.05) is 25.4 Å². The average molecular weight is 281 g/mol. The Hall–Kier alpha value is -2.41. The predicted octanol–water partition coefficient (Wildman–Crippen LogP) is 2.23. The average Bonchev–Trinajstić information content (AvgIpc) is 2.78. The van der Waals surface area contributed by atoms with Gasteiger partial charge in [-0.05, 0) is 6.07 Å². The van der Waals surface area contributed by atoms with Crippen molar-refractivity contribution in [3.63, 3.8) is 0 Å². The molecule has 1 aromatic carbocycles. The van der Waals surface area contributed by atoms with Gasteiger partial charge in [-0.1, -0.05) is 11.6 Å². The highest BCUT2D eigenvalue weighted by molar-refractivity contribution is 6.34. The van der Waals surface area contributed by atoms with Crippen molar-refractivity contribution in [1.82, 2.24) is 9.78 Å². The Morgan fingerprint density at radius 2 is 2.26 bits per heavy atom. The highest BCUT2D eigenvalue weighted by Gasteiger charge is 2.14. The summed E-state index contributed by atoms with van der Waals surface area (Å²) in [6.07, 6.45) is 2.92. The van der Waals surface area contributed by atoms with Crippen molar-refractivity contribution in [2.24, 2.45) is 7.05 Å². The maximum atomic E-state index is 11.9. The third-order valence-corrected chi connectivity index (χ3v) is 2.71. The molecule has 7 nitrogen and oxygen atoms in total. The number of nitrogens with one attached hydrogen (secondary N) is 1. The minimum absolute atomic E-state index is 0.147. The molecular weight excluding hydrogens is 272 g/mol. The molecule has 0 unspecified atom stereocenters. The van der Waals surface area contributed by atoms with Gasteiger partial charge in [0.1, 0.15) is 0 Å². The van der Waals surface area contributed by atoms with Crippen LogP contribution in [0.3, 0.4) is 0 Å². The summed E-state index contributed by atoms with van der Waals surface area (Å²) in [6, 6.07) is 3.83. The number of carbonyl (C=O) groups is 1. The Labute approximate surface area is 112 Å². The lowest BCUT2D eigenvalue weighted by atomic mass is 10.2. The second-order valence-corrected chi connectivity index (χ2v) is 4.19. The number of benzene rings is 1. The van der Waals surface area contributed by atoms with Crippen LogP contribution in [0.25, 0.3) is 0 Å². The molecule has 1 N–H and O–H groups in total. The van der Waals surface area contributed by atoms with Crippen LogP contribution in [0.2, 0.25) is 5.02 Å². The molecule has 0 spiro atoms. The van der Waals surface area contributed by atoms with E-state index in [4.69, 9.17) is 11.6 Å². The van der Waals surface area contributed by atoms with E-state index in [0.29, 0.717) is 5.56 Å². The minimum Gasteiger partial charge on any atom is -0.320 e. The minimum atomic E-state index is -0.559. The molecule has 0 atom stereocenters. The highest BCUT2D eigenvalue weighted by Crippen LogP contribution is 2.27. The fraction of sp³-hybridized carbons (Fsp3) is 0.0909. The molecule has 0 bridgehead atoms. The molecule has 0 aliphatic heterocycles. The zero-order chi connectivity index (χ0) is 14.0. The van der Waals surface area contributed by atoms with Gasteiger partial charge in [0.25, 0.3) is 11.6 Å². The molecule has 0 fully saturated rings. The highest BCUT2D eigenvalue weighted by atomic mass is 35.5. The summed E-state index contributed by atoms with van der Waals surface area (Å²) >= 11 is 5.88. The Kier molecular flexibility index (Phi) is 3.48. The normalized spacial score (nSPS) is 10.2. The summed E-state index contributed by atoms with van der Waals surface area (Å²) < 4.78 is 1.48. The van der Waals surface area contributed by atoms with Crippen LogP contribution >= 0.6 is 11.6 Å². The quantitative estimate of drug-likeness (QED) is 0.689. The number of nitrogens with zero attached hydrogens (tertiary/aromatic N) is 3. The van der Waals surface area contributed by atoms with E-state index >= 15 is 0 Å². The first-order chi connectivity index (χ1) is 8.97. The van der Waals surface area contributed by atoms with Crippen LogP contribution in [-0.2, 0) is 7.05 Å². The fourth-order valence-electron chi connectivity index (χ4n) is 1.46. The lowest BCUT2D eigenvalue weighted by Crippen LogP contribution is -2.11. The molecule has 1 aromatic heterocycles. The van der Waals surface area contributed by atoms with Crippen molar-refractivity contribution in [2.75, 3.05) is 5.32 Å². The first-order valence-electron chi connectivity index (χ1n) is 5.21. The molecule has 0 aliphatic rings. The molecule has 2 rings (SSSR count). The van der Waals surface area contributed by atoms with Crippen LogP contribution in [-0.4, -0.2) is 20.6 Å². The van der Waals surface area contributed by atoms with Gasteiger partial charge in [0.15, 0.2) is 0 Å². The number of amides is 1. The standard InChI is InChI=1S/C11H9ClN4O3/c1-15-6-7(5-13-15)11(17)14-10-4-8(16(18)19)2-3-9(10)12/h2-6H,1H3,(H,14,17). The Morgan fingerprint density at radius 3 is 2.84 bits per heavy atom. The summed E-state index contributed by atoms with van der Waals surface area (Å²) in [7, 11) is 1.68. The van der Waals surface area contributed by atoms with Crippen molar-refractivity contribution in [2.45, 2.75) is 0 Å². The molecule has 0 saturated heterocycles. The van der Waals surface area contributed by atoms with Crippen LogP contribution in [0.4, 0.5) is 11.4 Å². The molecule has 98 valence electrons. The summed E-state index contributed by atoms with van der Waals surface area (Å²) in [5.74, 6) is -0.435. The third-order valence-electron chi connectivity index (χ3n) is 2.38. The number of nitro groups is 1. The number of non-ortho nitro benzene ring substituents is 1. The number of aromatic nitrogens is 2. The zero-order valence-electron chi connectivity index (χ0n) is 9.83. The van der Waals surface area contributed by atoms with Gasteiger partial charge < -0.3 is 5.32 Å². The van der Waals surface area contributed by atoms with Crippen molar-refractivity contribution in [1.29, 1.82) is 0 Å². The van der Waals surface area contributed by atoms with Crippen LogP contribution in [0.1, 0.15) is 10.4 Å². The lowest BCUT2D eigenvalue weighted by molar-refractivity contribution is -0.384. The monoisotopic (exact) mass is 280 g/mol. The van der Waals surface area contributed by atoms with Crippen LogP contribution < -0.4 is 5.32 Å². The maximum Gasteiger partial charge on any atom is 0.271 e. The molecular formula is C11H9ClN4O3. The molecule has 8 heteroatoms. The van der Waals surface area contributed by atoms with E-state index in [0.717, 1.165) is 0 Å². The number of hydrogen-bond donors (Lipinski definition) is 1. The lowest BCUT2D eigenvalue weighted by Gasteiger charge is -2.05. The number of anilines is 1. The van der Waals surface area contributed by atoms with Crippen molar-refractivity contribution >= 4 is 28.9 Å². The largest absolute Gasteiger partial charge is 0.320 e. The first kappa shape index (κ1) is 13.0. The van der Waals surface area contributed by atoms with E-state index in [1.54, 1.807) is 7.05 Å². The van der Waals surface area contributed by atoms with Gasteiger partial charge in [-0.25, -0.2) is 0 Å². The summed E-state index contributed by atoms with van der Waals surface area (Å²) in [4.78, 5) is 22.0. The van der Waals surface area contributed by atoms with Crippen molar-refractivity contribution in [3.05, 3.63) is 51.3 Å². The summed E-state index contributed by atoms with van der Waals surface area (Å²) in [5.41, 5.74) is 0.376. The van der Waals surface area contributed by atoms with Gasteiger partial charge in [-0.15, -0.1) is 0 Å². The number of rotatable bonds is 3. The van der Waals surface area contributed by atoms with Crippen LogP contribution in [0, 0.1) is 10.1 Å². The van der Waals surface area contributed by atoms with Gasteiger partial charge in [0.2, 0.25) is 0 Å². The first-order valence-corrected chi connectivity index (χ1v) is 5.59. The van der Waals surface area contributed by atoms with Crippen LogP contribution in [0.5, 0.6) is 0 Å². The number of nitro benzene ring substituents is 1. The maximum absolute atomic E-state index is 11.9. The Bertz CT molecular complexity index is 653. The number of hydrogen-bond acceptors (Lipinski definition) is 4. The van der Waals surface area contributed by atoms with Gasteiger partial charge >= 0.3 is 0 Å². The fourth-order valence-corrected chi connectivity index (χ4v) is 1.62. The zero-order valence-corrected chi connectivity index (χ0v) is 10.6. The van der Waals surface area contributed by atoms with Gasteiger partial charge in [-0.2, -0.15) is 5.10 Å². The van der Waals surface area contributed by atoms with E-state index in [9.17, 15) is 14.9 Å². The molecule has 1 heterocycles. The van der Waals surface area contributed by atoms with Crippen molar-refractivity contribution in [3.8, 4) is 0 Å². The van der Waals surface area contributed by atoms with E-state index in [2.05, 4.69) is 10.4 Å². The molecule has 1 amide bonds. The smallest absolute Gasteiger partial charge is 0.271 e. The predicted molar refractivity (Wildman–Crippen MR) is 69.3 cm³/mol. The third kappa shape index (κ3) is 2.89. The topological polar surface area (TPSA) is 90.1 Å². The van der Waals surface area contributed by atoms with E-state index in [1.807, 2.05) is 0 Å². The summed E-state index contributed by atoms with van der Waals surface area (Å²) in [6.45, 7) is 0. The SMILES string of the molecule is Cn1cc(C(=O)Nc2cc([N+](=O)[O-])ccc2Cl)cn1.